The normalized spacial score (nSPS) is 10.6. The van der Waals surface area contributed by atoms with E-state index in [1.807, 2.05) is 44.1 Å². The van der Waals surface area contributed by atoms with Gasteiger partial charge in [-0.1, -0.05) is 0 Å². The summed E-state index contributed by atoms with van der Waals surface area (Å²) in [6.07, 6.45) is 1.39. The van der Waals surface area contributed by atoms with Crippen LogP contribution < -0.4 is 21.1 Å². The molecule has 0 saturated heterocycles. The maximum absolute atomic E-state index is 12.3. The van der Waals surface area contributed by atoms with Crippen LogP contribution in [0, 0.1) is 20.8 Å². The Bertz CT molecular complexity index is 1120. The molecule has 156 valence electrons. The molecule has 0 fully saturated rings. The monoisotopic (exact) mass is 407 g/mol. The Morgan fingerprint density at radius 3 is 2.40 bits per heavy atom. The van der Waals surface area contributed by atoms with Gasteiger partial charge in [-0.05, 0) is 45.0 Å². The molecule has 30 heavy (non-hydrogen) atoms. The molecule has 2 N–H and O–H groups in total. The van der Waals surface area contributed by atoms with Crippen LogP contribution in [0.15, 0.2) is 41.5 Å². The van der Waals surface area contributed by atoms with Crippen molar-refractivity contribution in [2.45, 2.75) is 27.3 Å². The molecule has 0 atom stereocenters. The van der Waals surface area contributed by atoms with Crippen molar-refractivity contribution in [2.24, 2.45) is 0 Å². The number of aryl methyl sites for hydroxylation is 2. The smallest absolute Gasteiger partial charge is 0.256 e. The van der Waals surface area contributed by atoms with Crippen molar-refractivity contribution in [1.29, 1.82) is 0 Å². The molecule has 9 nitrogen and oxygen atoms in total. The third-order valence-electron chi connectivity index (χ3n) is 4.55. The van der Waals surface area contributed by atoms with Gasteiger partial charge >= 0.3 is 0 Å². The summed E-state index contributed by atoms with van der Waals surface area (Å²) in [5.74, 6) is 1.00. The fourth-order valence-corrected chi connectivity index (χ4v) is 2.75. The first-order valence-electron chi connectivity index (χ1n) is 9.45. The van der Waals surface area contributed by atoms with Gasteiger partial charge < -0.3 is 15.5 Å². The van der Waals surface area contributed by atoms with Crippen molar-refractivity contribution in [2.75, 3.05) is 29.6 Å². The van der Waals surface area contributed by atoms with E-state index in [1.165, 1.54) is 10.9 Å². The third kappa shape index (κ3) is 4.99. The number of rotatable bonds is 6. The Kier molecular flexibility index (Phi) is 6.10. The highest BCUT2D eigenvalue weighted by Crippen LogP contribution is 2.19. The third-order valence-corrected chi connectivity index (χ3v) is 4.55. The Morgan fingerprint density at radius 1 is 1.07 bits per heavy atom. The van der Waals surface area contributed by atoms with E-state index in [9.17, 15) is 9.59 Å². The van der Waals surface area contributed by atoms with Crippen LogP contribution in [0.1, 0.15) is 17.0 Å². The van der Waals surface area contributed by atoms with Gasteiger partial charge in [0.25, 0.3) is 5.56 Å². The van der Waals surface area contributed by atoms with E-state index in [0.717, 1.165) is 17.2 Å². The van der Waals surface area contributed by atoms with Crippen LogP contribution in [0.4, 0.5) is 23.1 Å². The van der Waals surface area contributed by atoms with Crippen molar-refractivity contribution in [3.05, 3.63) is 64.0 Å². The maximum atomic E-state index is 12.3. The predicted molar refractivity (Wildman–Crippen MR) is 117 cm³/mol. The van der Waals surface area contributed by atoms with Crippen molar-refractivity contribution < 1.29 is 4.79 Å². The minimum atomic E-state index is -0.305. The first kappa shape index (κ1) is 21.0. The fraction of sp³-hybridized carbons (Fsp3) is 0.286. The van der Waals surface area contributed by atoms with Crippen LogP contribution in [0.25, 0.3) is 0 Å². The summed E-state index contributed by atoms with van der Waals surface area (Å²) in [5.41, 5.74) is 3.25. The summed E-state index contributed by atoms with van der Waals surface area (Å²) in [7, 11) is 3.84. The zero-order valence-corrected chi connectivity index (χ0v) is 17.7. The molecule has 0 spiro atoms. The lowest BCUT2D eigenvalue weighted by atomic mass is 10.2. The maximum Gasteiger partial charge on any atom is 0.256 e. The first-order valence-corrected chi connectivity index (χ1v) is 9.45. The topological polar surface area (TPSA) is 105 Å². The Balaban J connectivity index is 1.66. The quantitative estimate of drug-likeness (QED) is 0.646. The van der Waals surface area contributed by atoms with E-state index in [0.29, 0.717) is 22.9 Å². The number of hydrogen-bond acceptors (Lipinski definition) is 7. The Morgan fingerprint density at radius 2 is 1.73 bits per heavy atom. The Hall–Kier alpha value is -3.75. The average molecular weight is 407 g/mol. The van der Waals surface area contributed by atoms with Crippen molar-refractivity contribution in [3.63, 3.8) is 0 Å². The van der Waals surface area contributed by atoms with E-state index >= 15 is 0 Å². The van der Waals surface area contributed by atoms with Crippen molar-refractivity contribution in [1.82, 2.24) is 19.5 Å². The molecule has 9 heteroatoms. The van der Waals surface area contributed by atoms with Crippen LogP contribution in [-0.2, 0) is 11.3 Å². The second-order valence-electron chi connectivity index (χ2n) is 7.22. The summed E-state index contributed by atoms with van der Waals surface area (Å²) >= 11 is 0. The number of anilines is 4. The van der Waals surface area contributed by atoms with Crippen LogP contribution in [0.2, 0.25) is 0 Å². The Labute approximate surface area is 174 Å². The standard InChI is InChI=1S/C21H25N7O2/c1-13-10-18(27(4)5)26-21(23-13)25-17-8-6-16(7-9-17)24-19(29)11-28-12-22-15(3)14(2)20(28)30/h6-10,12H,11H2,1-5H3,(H,24,29)(H,23,25,26). The van der Waals surface area contributed by atoms with Crippen molar-refractivity contribution in [3.8, 4) is 0 Å². The van der Waals surface area contributed by atoms with Crippen LogP contribution >= 0.6 is 0 Å². The number of amides is 1. The lowest BCUT2D eigenvalue weighted by Gasteiger charge is -2.14. The van der Waals surface area contributed by atoms with Gasteiger partial charge in [0.15, 0.2) is 0 Å². The van der Waals surface area contributed by atoms with Gasteiger partial charge in [-0.15, -0.1) is 0 Å². The summed E-state index contributed by atoms with van der Waals surface area (Å²) in [5, 5.41) is 5.95. The van der Waals surface area contributed by atoms with Crippen molar-refractivity contribution >= 4 is 29.0 Å². The van der Waals surface area contributed by atoms with Gasteiger partial charge in [-0.25, -0.2) is 9.97 Å². The molecule has 0 saturated carbocycles. The minimum absolute atomic E-state index is 0.0998. The number of nitrogens with one attached hydrogen (secondary N) is 2. The average Bonchev–Trinajstić information content (AvgIpc) is 2.69. The van der Waals surface area contributed by atoms with E-state index in [1.54, 1.807) is 26.0 Å². The molecular weight excluding hydrogens is 382 g/mol. The van der Waals surface area contributed by atoms with Gasteiger partial charge in [-0.3, -0.25) is 14.2 Å². The second kappa shape index (κ2) is 8.73. The van der Waals surface area contributed by atoms with Gasteiger partial charge in [0.05, 0.1) is 6.33 Å². The number of nitrogens with zero attached hydrogens (tertiary/aromatic N) is 5. The van der Waals surface area contributed by atoms with E-state index < -0.39 is 0 Å². The molecule has 1 aromatic carbocycles. The first-order chi connectivity index (χ1) is 14.2. The molecule has 3 aromatic rings. The molecule has 3 rings (SSSR count). The lowest BCUT2D eigenvalue weighted by molar-refractivity contribution is -0.116. The van der Waals surface area contributed by atoms with Gasteiger partial charge in [0, 0.05) is 48.5 Å². The van der Waals surface area contributed by atoms with Crippen LogP contribution in [-0.4, -0.2) is 39.5 Å². The highest BCUT2D eigenvalue weighted by Gasteiger charge is 2.09. The van der Waals surface area contributed by atoms with Crippen LogP contribution in [0.5, 0.6) is 0 Å². The number of benzene rings is 1. The molecule has 0 radical (unpaired) electrons. The van der Waals surface area contributed by atoms with E-state index in [2.05, 4.69) is 25.6 Å². The number of carbonyl (C=O) groups is 1. The summed E-state index contributed by atoms with van der Waals surface area (Å²) in [6, 6.07) is 9.08. The van der Waals surface area contributed by atoms with Crippen LogP contribution in [0.3, 0.4) is 0 Å². The number of aromatic nitrogens is 4. The summed E-state index contributed by atoms with van der Waals surface area (Å²) in [4.78, 5) is 39.4. The molecule has 0 unspecified atom stereocenters. The largest absolute Gasteiger partial charge is 0.363 e. The number of carbonyl (C=O) groups excluding carboxylic acids is 1. The van der Waals surface area contributed by atoms with Gasteiger partial charge in [-0.2, -0.15) is 4.98 Å². The molecule has 0 aliphatic rings. The second-order valence-corrected chi connectivity index (χ2v) is 7.22. The fourth-order valence-electron chi connectivity index (χ4n) is 2.75. The number of hydrogen-bond donors (Lipinski definition) is 2. The molecule has 0 bridgehead atoms. The molecule has 0 aliphatic carbocycles. The molecule has 2 aromatic heterocycles. The zero-order valence-electron chi connectivity index (χ0n) is 17.7. The SMILES string of the molecule is Cc1cc(N(C)C)nc(Nc2ccc(NC(=O)Cn3cnc(C)c(C)c3=O)cc2)n1. The summed E-state index contributed by atoms with van der Waals surface area (Å²) in [6.45, 7) is 5.27. The minimum Gasteiger partial charge on any atom is -0.363 e. The summed E-state index contributed by atoms with van der Waals surface area (Å²) < 4.78 is 1.30. The predicted octanol–water partition coefficient (Wildman–Crippen LogP) is 2.41. The van der Waals surface area contributed by atoms with Gasteiger partial charge in [0.2, 0.25) is 11.9 Å². The highest BCUT2D eigenvalue weighted by atomic mass is 16.2. The molecular formula is C21H25N7O2. The highest BCUT2D eigenvalue weighted by molar-refractivity contribution is 5.90. The molecule has 0 aliphatic heterocycles. The lowest BCUT2D eigenvalue weighted by Crippen LogP contribution is -2.29. The molecule has 1 amide bonds. The molecule has 2 heterocycles. The zero-order chi connectivity index (χ0) is 21.8. The van der Waals surface area contributed by atoms with E-state index in [-0.39, 0.29) is 18.0 Å². The van der Waals surface area contributed by atoms with E-state index in [4.69, 9.17) is 0 Å². The van der Waals surface area contributed by atoms with Gasteiger partial charge in [0.1, 0.15) is 12.4 Å².